The fraction of sp³-hybridized carbons (Fsp3) is 0.400. The lowest BCUT2D eigenvalue weighted by atomic mass is 10.3. The fourth-order valence-corrected chi connectivity index (χ4v) is 2.23. The number of hydrogen-bond acceptors (Lipinski definition) is 4. The smallest absolute Gasteiger partial charge is 0.113 e. The zero-order chi connectivity index (χ0) is 10.8. The first-order chi connectivity index (χ1) is 7.16. The van der Waals surface area contributed by atoms with Gasteiger partial charge in [0.1, 0.15) is 5.01 Å². The molecule has 0 saturated heterocycles. The number of hydrogen-bond donors (Lipinski definition) is 1. The Labute approximate surface area is 92.8 Å². The Bertz CT molecular complexity index is 444. The van der Waals surface area contributed by atoms with Gasteiger partial charge in [0.05, 0.1) is 18.6 Å². The number of aryl methyl sites for hydroxylation is 1. The minimum absolute atomic E-state index is 0.00793. The molecule has 0 fully saturated rings. The zero-order valence-corrected chi connectivity index (χ0v) is 9.66. The summed E-state index contributed by atoms with van der Waals surface area (Å²) in [6.07, 6.45) is 3.61. The van der Waals surface area contributed by atoms with Crippen molar-refractivity contribution in [2.24, 2.45) is 5.73 Å². The zero-order valence-electron chi connectivity index (χ0n) is 8.84. The molecule has 15 heavy (non-hydrogen) atoms. The van der Waals surface area contributed by atoms with Gasteiger partial charge in [-0.15, -0.1) is 11.3 Å². The first kappa shape index (κ1) is 10.3. The van der Waals surface area contributed by atoms with E-state index < -0.39 is 0 Å². The number of rotatable bonds is 3. The summed E-state index contributed by atoms with van der Waals surface area (Å²) in [5.74, 6) is 0. The molecule has 2 aromatic rings. The molecule has 0 amide bonds. The molecule has 0 radical (unpaired) electrons. The lowest BCUT2D eigenvalue weighted by molar-refractivity contribution is 0.672. The summed E-state index contributed by atoms with van der Waals surface area (Å²) in [6.45, 7) is 4.72. The van der Waals surface area contributed by atoms with E-state index in [0.717, 1.165) is 22.9 Å². The van der Waals surface area contributed by atoms with Crippen molar-refractivity contribution in [3.63, 3.8) is 0 Å². The number of aromatic nitrogens is 3. The van der Waals surface area contributed by atoms with Crippen LogP contribution in [0.1, 0.15) is 29.4 Å². The summed E-state index contributed by atoms with van der Waals surface area (Å²) < 4.78 is 2.04. The van der Waals surface area contributed by atoms with E-state index in [-0.39, 0.29) is 6.04 Å². The predicted molar refractivity (Wildman–Crippen MR) is 60.8 cm³/mol. The van der Waals surface area contributed by atoms with Gasteiger partial charge in [-0.2, -0.15) is 0 Å². The number of nitrogens with two attached hydrogens (primary N) is 1. The van der Waals surface area contributed by atoms with Crippen molar-refractivity contribution in [3.05, 3.63) is 34.3 Å². The van der Waals surface area contributed by atoms with Gasteiger partial charge >= 0.3 is 0 Å². The third-order valence-electron chi connectivity index (χ3n) is 2.18. The largest absolute Gasteiger partial charge is 0.326 e. The molecule has 1 atom stereocenters. The predicted octanol–water partition coefficient (Wildman–Crippen LogP) is 1.72. The van der Waals surface area contributed by atoms with E-state index in [9.17, 15) is 0 Å². The summed E-state index contributed by atoms with van der Waals surface area (Å²) >= 11 is 1.67. The van der Waals surface area contributed by atoms with Crippen molar-refractivity contribution in [2.45, 2.75) is 26.4 Å². The van der Waals surface area contributed by atoms with Gasteiger partial charge in [0.2, 0.25) is 0 Å². The van der Waals surface area contributed by atoms with E-state index in [0.29, 0.717) is 0 Å². The Morgan fingerprint density at radius 2 is 2.40 bits per heavy atom. The molecule has 5 heteroatoms. The van der Waals surface area contributed by atoms with Crippen molar-refractivity contribution in [1.82, 2.24) is 14.5 Å². The highest BCUT2D eigenvalue weighted by molar-refractivity contribution is 7.09. The second-order valence-corrected chi connectivity index (χ2v) is 4.56. The van der Waals surface area contributed by atoms with Gasteiger partial charge in [-0.3, -0.25) is 0 Å². The summed E-state index contributed by atoms with van der Waals surface area (Å²) in [5.41, 5.74) is 7.95. The van der Waals surface area contributed by atoms with E-state index in [1.165, 1.54) is 0 Å². The standard InChI is InChI=1S/C10H14N4S/c1-7-5-15-10(13-7)4-14-6-12-3-9(14)8(2)11/h3,5-6,8H,4,11H2,1-2H3/t8-/m0/s1. The van der Waals surface area contributed by atoms with Gasteiger partial charge in [0.15, 0.2) is 0 Å². The summed E-state index contributed by atoms with van der Waals surface area (Å²) in [6, 6.07) is 0.00793. The first-order valence-electron chi connectivity index (χ1n) is 4.83. The molecule has 0 aliphatic carbocycles. The maximum atomic E-state index is 5.84. The van der Waals surface area contributed by atoms with Crippen LogP contribution >= 0.6 is 11.3 Å². The van der Waals surface area contributed by atoms with Crippen molar-refractivity contribution < 1.29 is 0 Å². The Hall–Kier alpha value is -1.20. The van der Waals surface area contributed by atoms with E-state index >= 15 is 0 Å². The maximum Gasteiger partial charge on any atom is 0.113 e. The molecule has 0 unspecified atom stereocenters. The summed E-state index contributed by atoms with van der Waals surface area (Å²) in [4.78, 5) is 8.52. The molecule has 2 heterocycles. The van der Waals surface area contributed by atoms with Crippen LogP contribution in [0.5, 0.6) is 0 Å². The van der Waals surface area contributed by atoms with Crippen LogP contribution in [0.2, 0.25) is 0 Å². The number of nitrogens with zero attached hydrogens (tertiary/aromatic N) is 3. The molecule has 0 bridgehead atoms. The van der Waals surface area contributed by atoms with E-state index in [4.69, 9.17) is 5.73 Å². The van der Waals surface area contributed by atoms with Crippen LogP contribution in [0.15, 0.2) is 17.9 Å². The Balaban J connectivity index is 2.20. The van der Waals surface area contributed by atoms with Crippen LogP contribution in [0.3, 0.4) is 0 Å². The fourth-order valence-electron chi connectivity index (χ4n) is 1.46. The lowest BCUT2D eigenvalue weighted by Crippen LogP contribution is -2.12. The molecular formula is C10H14N4S. The Morgan fingerprint density at radius 3 is 3.00 bits per heavy atom. The Kier molecular flexibility index (Phi) is 2.83. The first-order valence-corrected chi connectivity index (χ1v) is 5.71. The van der Waals surface area contributed by atoms with Gasteiger partial charge < -0.3 is 10.3 Å². The van der Waals surface area contributed by atoms with Gasteiger partial charge in [-0.1, -0.05) is 0 Å². The number of thiazole rings is 1. The Morgan fingerprint density at radius 1 is 1.60 bits per heavy atom. The van der Waals surface area contributed by atoms with Gasteiger partial charge in [0.25, 0.3) is 0 Å². The molecule has 0 spiro atoms. The van der Waals surface area contributed by atoms with E-state index in [1.807, 2.05) is 24.6 Å². The van der Waals surface area contributed by atoms with Crippen molar-refractivity contribution >= 4 is 11.3 Å². The highest BCUT2D eigenvalue weighted by atomic mass is 32.1. The highest BCUT2D eigenvalue weighted by Gasteiger charge is 2.08. The van der Waals surface area contributed by atoms with E-state index in [1.54, 1.807) is 17.7 Å². The van der Waals surface area contributed by atoms with E-state index in [2.05, 4.69) is 15.3 Å². The third-order valence-corrected chi connectivity index (χ3v) is 3.13. The molecule has 80 valence electrons. The second kappa shape index (κ2) is 4.12. The van der Waals surface area contributed by atoms with Crippen LogP contribution in [-0.4, -0.2) is 14.5 Å². The minimum Gasteiger partial charge on any atom is -0.326 e. The highest BCUT2D eigenvalue weighted by Crippen LogP contribution is 2.14. The van der Waals surface area contributed by atoms with Gasteiger partial charge in [-0.25, -0.2) is 9.97 Å². The normalized spacial score (nSPS) is 13.0. The van der Waals surface area contributed by atoms with Gasteiger partial charge in [0, 0.05) is 23.3 Å². The second-order valence-electron chi connectivity index (χ2n) is 3.62. The molecule has 0 saturated carbocycles. The molecule has 2 aromatic heterocycles. The van der Waals surface area contributed by atoms with Crippen molar-refractivity contribution in [3.8, 4) is 0 Å². The molecule has 0 aliphatic rings. The average Bonchev–Trinajstić information content (AvgIpc) is 2.75. The van der Waals surface area contributed by atoms with Crippen molar-refractivity contribution in [2.75, 3.05) is 0 Å². The molecule has 0 aromatic carbocycles. The van der Waals surface area contributed by atoms with Crippen LogP contribution < -0.4 is 5.73 Å². The molecule has 2 N–H and O–H groups in total. The minimum atomic E-state index is 0.00793. The van der Waals surface area contributed by atoms with Gasteiger partial charge in [-0.05, 0) is 13.8 Å². The van der Waals surface area contributed by atoms with Crippen molar-refractivity contribution in [1.29, 1.82) is 0 Å². The average molecular weight is 222 g/mol. The molecule has 0 aliphatic heterocycles. The molecule has 2 rings (SSSR count). The van der Waals surface area contributed by atoms with Crippen LogP contribution in [0.4, 0.5) is 0 Å². The topological polar surface area (TPSA) is 56.7 Å². The van der Waals surface area contributed by atoms with Crippen LogP contribution in [0.25, 0.3) is 0 Å². The third kappa shape index (κ3) is 2.24. The monoisotopic (exact) mass is 222 g/mol. The van der Waals surface area contributed by atoms with Crippen LogP contribution in [-0.2, 0) is 6.54 Å². The summed E-state index contributed by atoms with van der Waals surface area (Å²) in [7, 11) is 0. The molecular weight excluding hydrogens is 208 g/mol. The van der Waals surface area contributed by atoms with Crippen LogP contribution in [0, 0.1) is 6.92 Å². The summed E-state index contributed by atoms with van der Waals surface area (Å²) in [5, 5.41) is 3.14. The lowest BCUT2D eigenvalue weighted by Gasteiger charge is -2.08. The maximum absolute atomic E-state index is 5.84. The SMILES string of the molecule is Cc1csc(Cn2cncc2[C@H](C)N)n1. The quantitative estimate of drug-likeness (QED) is 0.860. The number of imidazole rings is 1. The molecule has 4 nitrogen and oxygen atoms in total.